The van der Waals surface area contributed by atoms with E-state index in [-0.39, 0.29) is 12.4 Å². The number of halogens is 4. The van der Waals surface area contributed by atoms with Crippen molar-refractivity contribution in [3.63, 3.8) is 0 Å². The Morgan fingerprint density at radius 2 is 1.64 bits per heavy atom. The topological polar surface area (TPSA) is 12.0 Å². The molecule has 0 aliphatic rings. The van der Waals surface area contributed by atoms with Crippen LogP contribution in [0.5, 0.6) is 0 Å². The molecule has 1 nitrogen and oxygen atoms in total. The van der Waals surface area contributed by atoms with E-state index in [2.05, 4.69) is 5.32 Å². The Hall–Kier alpha value is 0.340. The standard InChI is InChI=1S/C9H10Cl3N.ClH/c10-1-2-13-6-7-3-8(11)5-9(12)4-7;/h3-5,13H,1-2,6H2;1H. The third kappa shape index (κ3) is 5.28. The van der Waals surface area contributed by atoms with Crippen molar-refractivity contribution in [2.24, 2.45) is 0 Å². The van der Waals surface area contributed by atoms with Gasteiger partial charge in [0.2, 0.25) is 0 Å². The molecule has 0 atom stereocenters. The summed E-state index contributed by atoms with van der Waals surface area (Å²) in [6.45, 7) is 1.53. The third-order valence-electron chi connectivity index (χ3n) is 1.52. The molecular weight excluding hydrogens is 264 g/mol. The van der Waals surface area contributed by atoms with E-state index < -0.39 is 0 Å². The van der Waals surface area contributed by atoms with E-state index in [4.69, 9.17) is 34.8 Å². The van der Waals surface area contributed by atoms with Crippen LogP contribution in [0.4, 0.5) is 0 Å². The Morgan fingerprint density at radius 3 is 2.14 bits per heavy atom. The van der Waals surface area contributed by atoms with E-state index in [1.807, 2.05) is 12.1 Å². The minimum Gasteiger partial charge on any atom is -0.311 e. The van der Waals surface area contributed by atoms with Gasteiger partial charge in [-0.2, -0.15) is 0 Å². The van der Waals surface area contributed by atoms with Crippen molar-refractivity contribution >= 4 is 47.2 Å². The molecule has 0 radical (unpaired) electrons. The fourth-order valence-corrected chi connectivity index (χ4v) is 1.72. The molecule has 0 aromatic heterocycles. The zero-order valence-corrected chi connectivity index (χ0v) is 10.5. The van der Waals surface area contributed by atoms with Gasteiger partial charge in [0, 0.05) is 29.0 Å². The number of nitrogens with one attached hydrogen (secondary N) is 1. The van der Waals surface area contributed by atoms with Gasteiger partial charge in [-0.1, -0.05) is 23.2 Å². The first-order valence-electron chi connectivity index (χ1n) is 3.94. The molecule has 0 aliphatic heterocycles. The molecule has 0 unspecified atom stereocenters. The summed E-state index contributed by atoms with van der Waals surface area (Å²) in [6.07, 6.45) is 0. The van der Waals surface area contributed by atoms with Gasteiger partial charge in [-0.3, -0.25) is 0 Å². The van der Waals surface area contributed by atoms with Crippen molar-refractivity contribution in [2.45, 2.75) is 6.54 Å². The highest BCUT2D eigenvalue weighted by Crippen LogP contribution is 2.18. The second-order valence-electron chi connectivity index (χ2n) is 2.64. The first-order chi connectivity index (χ1) is 6.22. The Bertz CT molecular complexity index is 257. The molecule has 1 aromatic carbocycles. The number of hydrogen-bond donors (Lipinski definition) is 1. The van der Waals surface area contributed by atoms with Crippen LogP contribution >= 0.6 is 47.2 Å². The van der Waals surface area contributed by atoms with Crippen molar-refractivity contribution in [1.82, 2.24) is 5.32 Å². The summed E-state index contributed by atoms with van der Waals surface area (Å²) in [5, 5.41) is 4.48. The summed E-state index contributed by atoms with van der Waals surface area (Å²) in [4.78, 5) is 0. The third-order valence-corrected chi connectivity index (χ3v) is 2.15. The van der Waals surface area contributed by atoms with Crippen molar-refractivity contribution in [1.29, 1.82) is 0 Å². The number of hydrogen-bond acceptors (Lipinski definition) is 1. The van der Waals surface area contributed by atoms with Crippen LogP contribution in [-0.4, -0.2) is 12.4 Å². The largest absolute Gasteiger partial charge is 0.311 e. The molecule has 1 rings (SSSR count). The fraction of sp³-hybridized carbons (Fsp3) is 0.333. The Kier molecular flexibility index (Phi) is 7.79. The van der Waals surface area contributed by atoms with Crippen molar-refractivity contribution in [3.8, 4) is 0 Å². The maximum absolute atomic E-state index is 5.82. The lowest BCUT2D eigenvalue weighted by Gasteiger charge is -2.03. The van der Waals surface area contributed by atoms with Gasteiger partial charge in [-0.05, 0) is 23.8 Å². The minimum absolute atomic E-state index is 0. The van der Waals surface area contributed by atoms with Gasteiger partial charge in [0.1, 0.15) is 0 Å². The van der Waals surface area contributed by atoms with Gasteiger partial charge in [-0.25, -0.2) is 0 Å². The summed E-state index contributed by atoms with van der Waals surface area (Å²) in [5.74, 6) is 0.605. The fourth-order valence-electron chi connectivity index (χ4n) is 1.01. The smallest absolute Gasteiger partial charge is 0.0424 e. The van der Waals surface area contributed by atoms with Crippen molar-refractivity contribution < 1.29 is 0 Å². The van der Waals surface area contributed by atoms with Gasteiger partial charge >= 0.3 is 0 Å². The van der Waals surface area contributed by atoms with Crippen molar-refractivity contribution in [3.05, 3.63) is 33.8 Å². The van der Waals surface area contributed by atoms with Crippen LogP contribution in [-0.2, 0) is 6.54 Å². The molecule has 0 saturated carbocycles. The SMILES string of the molecule is Cl.ClCCNCc1cc(Cl)cc(Cl)c1. The molecule has 0 amide bonds. The molecule has 0 heterocycles. The van der Waals surface area contributed by atoms with Crippen LogP contribution in [0.25, 0.3) is 0 Å². The number of benzene rings is 1. The molecule has 0 fully saturated rings. The van der Waals surface area contributed by atoms with Gasteiger partial charge in [-0.15, -0.1) is 24.0 Å². The summed E-state index contributed by atoms with van der Waals surface area (Å²) >= 11 is 17.2. The lowest BCUT2D eigenvalue weighted by atomic mass is 10.2. The van der Waals surface area contributed by atoms with Crippen LogP contribution in [0.1, 0.15) is 5.56 Å². The summed E-state index contributed by atoms with van der Waals surface area (Å²) in [7, 11) is 0. The maximum Gasteiger partial charge on any atom is 0.0424 e. The molecule has 0 aliphatic carbocycles. The Balaban J connectivity index is 0.00000169. The lowest BCUT2D eigenvalue weighted by molar-refractivity contribution is 0.730. The van der Waals surface area contributed by atoms with Gasteiger partial charge in [0.25, 0.3) is 0 Å². The minimum atomic E-state index is 0. The number of alkyl halides is 1. The van der Waals surface area contributed by atoms with E-state index >= 15 is 0 Å². The zero-order valence-electron chi connectivity index (χ0n) is 7.40. The predicted octanol–water partition coefficient (Wildman–Crippen LogP) is 3.74. The second kappa shape index (κ2) is 7.61. The summed E-state index contributed by atoms with van der Waals surface area (Å²) in [5.41, 5.74) is 1.07. The normalized spacial score (nSPS) is 9.64. The highest BCUT2D eigenvalue weighted by atomic mass is 35.5. The summed E-state index contributed by atoms with van der Waals surface area (Å²) in [6, 6.07) is 5.48. The predicted molar refractivity (Wildman–Crippen MR) is 66.1 cm³/mol. The van der Waals surface area contributed by atoms with E-state index in [1.165, 1.54) is 0 Å². The van der Waals surface area contributed by atoms with Gasteiger partial charge in [0.15, 0.2) is 0 Å². The molecule has 0 saturated heterocycles. The van der Waals surface area contributed by atoms with Crippen LogP contribution < -0.4 is 5.32 Å². The van der Waals surface area contributed by atoms with Crippen molar-refractivity contribution in [2.75, 3.05) is 12.4 Å². The molecule has 5 heteroatoms. The first-order valence-corrected chi connectivity index (χ1v) is 5.23. The molecule has 0 bridgehead atoms. The second-order valence-corrected chi connectivity index (χ2v) is 3.89. The van der Waals surface area contributed by atoms with E-state index in [9.17, 15) is 0 Å². The molecule has 80 valence electrons. The van der Waals surface area contributed by atoms with Gasteiger partial charge < -0.3 is 5.32 Å². The lowest BCUT2D eigenvalue weighted by Crippen LogP contribution is -2.15. The number of rotatable bonds is 4. The first kappa shape index (κ1) is 14.3. The van der Waals surface area contributed by atoms with Crippen LogP contribution in [0.3, 0.4) is 0 Å². The molecule has 1 aromatic rings. The average Bonchev–Trinajstić information content (AvgIpc) is 2.03. The molecular formula is C9H11Cl4N. The highest BCUT2D eigenvalue weighted by molar-refractivity contribution is 6.34. The zero-order chi connectivity index (χ0) is 9.68. The van der Waals surface area contributed by atoms with E-state index in [1.54, 1.807) is 6.07 Å². The van der Waals surface area contributed by atoms with Gasteiger partial charge in [0.05, 0.1) is 0 Å². The van der Waals surface area contributed by atoms with Crippen LogP contribution in [0.15, 0.2) is 18.2 Å². The molecule has 14 heavy (non-hydrogen) atoms. The van der Waals surface area contributed by atoms with E-state index in [0.717, 1.165) is 18.7 Å². The summed E-state index contributed by atoms with van der Waals surface area (Å²) < 4.78 is 0. The molecule has 0 spiro atoms. The maximum atomic E-state index is 5.82. The monoisotopic (exact) mass is 273 g/mol. The van der Waals surface area contributed by atoms with Crippen LogP contribution in [0, 0.1) is 0 Å². The van der Waals surface area contributed by atoms with Crippen LogP contribution in [0.2, 0.25) is 10.0 Å². The average molecular weight is 275 g/mol. The van der Waals surface area contributed by atoms with E-state index in [0.29, 0.717) is 15.9 Å². The highest BCUT2D eigenvalue weighted by Gasteiger charge is 1.97. The Morgan fingerprint density at radius 1 is 1.07 bits per heavy atom. The molecule has 1 N–H and O–H groups in total. The quantitative estimate of drug-likeness (QED) is 0.652. The Labute approximate surface area is 105 Å².